The van der Waals surface area contributed by atoms with Crippen LogP contribution in [-0.2, 0) is 0 Å². The number of nitrogens with zero attached hydrogens (tertiary/aromatic N) is 1. The van der Waals surface area contributed by atoms with Crippen molar-refractivity contribution in [2.75, 3.05) is 6.54 Å². The third-order valence-electron chi connectivity index (χ3n) is 2.45. The zero-order valence-corrected chi connectivity index (χ0v) is 8.57. The molecule has 75 valence electrons. The summed E-state index contributed by atoms with van der Waals surface area (Å²) in [5.74, 6) is 0.945. The molecule has 1 fully saturated rings. The topological polar surface area (TPSA) is 23.3 Å². The molecule has 1 aromatic carbocycles. The minimum absolute atomic E-state index is 0.0885. The molecule has 2 heteroatoms. The number of hydrogen-bond acceptors (Lipinski definition) is 1. The average Bonchev–Trinajstić information content (AvgIpc) is 2.19. The van der Waals surface area contributed by atoms with Crippen molar-refractivity contribution in [1.29, 1.82) is 0 Å². The van der Waals surface area contributed by atoms with E-state index in [-0.39, 0.29) is 6.23 Å². The summed E-state index contributed by atoms with van der Waals surface area (Å²) in [6, 6.07) is 8.15. The lowest BCUT2D eigenvalue weighted by Crippen LogP contribution is -2.32. The summed E-state index contributed by atoms with van der Waals surface area (Å²) in [6.45, 7) is 3.03. The zero-order chi connectivity index (χ0) is 9.80. The maximum atomic E-state index is 5.77. The van der Waals surface area contributed by atoms with E-state index >= 15 is 0 Å². The van der Waals surface area contributed by atoms with Crippen LogP contribution in [0.1, 0.15) is 24.8 Å². The molecule has 14 heavy (non-hydrogen) atoms. The Morgan fingerprint density at radius 2 is 2.29 bits per heavy atom. The van der Waals surface area contributed by atoms with Gasteiger partial charge in [-0.05, 0) is 43.9 Å². The standard InChI is InChI=1S/C12H16NO/c1-10-5-4-6-11(9-10)14-12-7-2-3-8-13-12/h4-6,9,12H,2-3,7-8H2,1H3. The Morgan fingerprint density at radius 3 is 3.00 bits per heavy atom. The summed E-state index contributed by atoms with van der Waals surface area (Å²) in [6.07, 6.45) is 3.60. The molecule has 2 nitrogen and oxygen atoms in total. The Kier molecular flexibility index (Phi) is 3.04. The van der Waals surface area contributed by atoms with E-state index < -0.39 is 0 Å². The number of piperidine rings is 1. The maximum Gasteiger partial charge on any atom is 0.165 e. The fourth-order valence-electron chi connectivity index (χ4n) is 1.70. The summed E-state index contributed by atoms with van der Waals surface area (Å²) in [7, 11) is 0. The molecular formula is C12H16NO. The monoisotopic (exact) mass is 190 g/mol. The Balaban J connectivity index is 1.95. The molecule has 0 N–H and O–H groups in total. The lowest BCUT2D eigenvalue weighted by Gasteiger charge is -2.22. The van der Waals surface area contributed by atoms with Crippen LogP contribution in [0.25, 0.3) is 0 Å². The first-order valence-electron chi connectivity index (χ1n) is 5.24. The van der Waals surface area contributed by atoms with Crippen molar-refractivity contribution in [2.45, 2.75) is 32.4 Å². The van der Waals surface area contributed by atoms with Crippen LogP contribution < -0.4 is 10.1 Å². The second kappa shape index (κ2) is 4.47. The van der Waals surface area contributed by atoms with Crippen LogP contribution in [0.4, 0.5) is 0 Å². The van der Waals surface area contributed by atoms with Crippen molar-refractivity contribution in [2.24, 2.45) is 0 Å². The fourth-order valence-corrected chi connectivity index (χ4v) is 1.70. The van der Waals surface area contributed by atoms with Gasteiger partial charge in [0.1, 0.15) is 5.75 Å². The first kappa shape index (κ1) is 9.53. The number of ether oxygens (including phenoxy) is 1. The summed E-state index contributed by atoms with van der Waals surface area (Å²) in [4.78, 5) is 0. The molecule has 1 saturated heterocycles. The molecule has 1 aliphatic heterocycles. The van der Waals surface area contributed by atoms with Crippen molar-refractivity contribution in [3.05, 3.63) is 29.8 Å². The molecule has 1 aromatic rings. The van der Waals surface area contributed by atoms with Crippen molar-refractivity contribution in [3.8, 4) is 5.75 Å². The zero-order valence-electron chi connectivity index (χ0n) is 8.57. The van der Waals surface area contributed by atoms with Gasteiger partial charge in [-0.3, -0.25) is 0 Å². The van der Waals surface area contributed by atoms with E-state index in [4.69, 9.17) is 4.74 Å². The molecule has 1 unspecified atom stereocenters. The highest BCUT2D eigenvalue weighted by Crippen LogP contribution is 2.17. The van der Waals surface area contributed by atoms with Crippen LogP contribution in [0.5, 0.6) is 5.75 Å². The Hall–Kier alpha value is -1.02. The van der Waals surface area contributed by atoms with Crippen LogP contribution in [0, 0.1) is 6.92 Å². The summed E-state index contributed by atoms with van der Waals surface area (Å²) in [5, 5.41) is 4.43. The van der Waals surface area contributed by atoms with Crippen molar-refractivity contribution >= 4 is 0 Å². The Morgan fingerprint density at radius 1 is 1.36 bits per heavy atom. The quantitative estimate of drug-likeness (QED) is 0.702. The molecule has 1 radical (unpaired) electrons. The first-order valence-corrected chi connectivity index (χ1v) is 5.24. The van der Waals surface area contributed by atoms with E-state index in [9.17, 15) is 0 Å². The summed E-state index contributed by atoms with van der Waals surface area (Å²) in [5.41, 5.74) is 1.23. The molecule has 0 aromatic heterocycles. The van der Waals surface area contributed by atoms with Gasteiger partial charge in [-0.1, -0.05) is 12.1 Å². The Labute approximate surface area is 85.3 Å². The largest absolute Gasteiger partial charge is 0.474 e. The molecule has 2 rings (SSSR count). The van der Waals surface area contributed by atoms with Gasteiger partial charge in [-0.25, -0.2) is 5.32 Å². The molecule has 1 heterocycles. The molecule has 0 spiro atoms. The molecule has 0 aliphatic carbocycles. The molecule has 0 amide bonds. The number of benzene rings is 1. The number of hydrogen-bond donors (Lipinski definition) is 0. The number of aryl methyl sites for hydroxylation is 1. The van der Waals surface area contributed by atoms with E-state index in [1.165, 1.54) is 18.4 Å². The van der Waals surface area contributed by atoms with Crippen molar-refractivity contribution in [3.63, 3.8) is 0 Å². The van der Waals surface area contributed by atoms with E-state index in [2.05, 4.69) is 24.4 Å². The third kappa shape index (κ3) is 2.48. The van der Waals surface area contributed by atoms with Crippen LogP contribution in [-0.4, -0.2) is 12.8 Å². The van der Waals surface area contributed by atoms with Crippen LogP contribution in [0.3, 0.4) is 0 Å². The van der Waals surface area contributed by atoms with Gasteiger partial charge < -0.3 is 4.74 Å². The minimum atomic E-state index is 0.0885. The van der Waals surface area contributed by atoms with Gasteiger partial charge in [0.2, 0.25) is 0 Å². The van der Waals surface area contributed by atoms with E-state index in [0.29, 0.717) is 0 Å². The molecular weight excluding hydrogens is 174 g/mol. The van der Waals surface area contributed by atoms with Gasteiger partial charge in [0.05, 0.1) is 0 Å². The van der Waals surface area contributed by atoms with E-state index in [0.717, 1.165) is 18.7 Å². The normalized spacial score (nSPS) is 21.9. The predicted molar refractivity (Wildman–Crippen MR) is 56.4 cm³/mol. The van der Waals surface area contributed by atoms with Crippen molar-refractivity contribution in [1.82, 2.24) is 5.32 Å². The third-order valence-corrected chi connectivity index (χ3v) is 2.45. The molecule has 1 aliphatic rings. The Bertz CT molecular complexity index is 292. The van der Waals surface area contributed by atoms with Gasteiger partial charge >= 0.3 is 0 Å². The second-order valence-electron chi connectivity index (χ2n) is 3.79. The van der Waals surface area contributed by atoms with E-state index in [1.54, 1.807) is 0 Å². The van der Waals surface area contributed by atoms with Gasteiger partial charge in [-0.2, -0.15) is 0 Å². The van der Waals surface area contributed by atoms with Gasteiger partial charge in [0.15, 0.2) is 6.23 Å². The van der Waals surface area contributed by atoms with Gasteiger partial charge in [-0.15, -0.1) is 0 Å². The highest BCUT2D eigenvalue weighted by atomic mass is 16.5. The summed E-state index contributed by atoms with van der Waals surface area (Å²) >= 11 is 0. The highest BCUT2D eigenvalue weighted by Gasteiger charge is 2.14. The lowest BCUT2D eigenvalue weighted by atomic mass is 10.1. The minimum Gasteiger partial charge on any atom is -0.474 e. The smallest absolute Gasteiger partial charge is 0.165 e. The number of rotatable bonds is 2. The van der Waals surface area contributed by atoms with Crippen LogP contribution in [0.2, 0.25) is 0 Å². The van der Waals surface area contributed by atoms with Crippen LogP contribution in [0.15, 0.2) is 24.3 Å². The first-order chi connectivity index (χ1) is 6.84. The second-order valence-corrected chi connectivity index (χ2v) is 3.79. The summed E-state index contributed by atoms with van der Waals surface area (Å²) < 4.78 is 5.77. The van der Waals surface area contributed by atoms with Crippen LogP contribution >= 0.6 is 0 Å². The molecule has 0 saturated carbocycles. The van der Waals surface area contributed by atoms with Gasteiger partial charge in [0, 0.05) is 6.54 Å². The highest BCUT2D eigenvalue weighted by molar-refractivity contribution is 5.27. The van der Waals surface area contributed by atoms with Gasteiger partial charge in [0.25, 0.3) is 0 Å². The van der Waals surface area contributed by atoms with Crippen molar-refractivity contribution < 1.29 is 4.74 Å². The molecule has 1 atom stereocenters. The maximum absolute atomic E-state index is 5.77. The van der Waals surface area contributed by atoms with E-state index in [1.807, 2.05) is 12.1 Å². The predicted octanol–water partition coefficient (Wildman–Crippen LogP) is 2.49. The average molecular weight is 190 g/mol. The lowest BCUT2D eigenvalue weighted by molar-refractivity contribution is 0.128. The molecule has 0 bridgehead atoms. The fraction of sp³-hybridized carbons (Fsp3) is 0.500. The SMILES string of the molecule is Cc1cccc(OC2CCCC[N]2)c1.